The Balaban J connectivity index is 2.20. The average molecular weight is 250 g/mol. The number of fused-ring (bicyclic) bond motifs is 1. The number of aliphatic hydroxyl groups excluding tert-OH is 1. The summed E-state index contributed by atoms with van der Waals surface area (Å²) in [5, 5.41) is 9.35. The normalized spacial score (nSPS) is 38.2. The highest BCUT2D eigenvalue weighted by Crippen LogP contribution is 2.55. The van der Waals surface area contributed by atoms with Gasteiger partial charge in [0.05, 0.1) is 6.61 Å². The lowest BCUT2D eigenvalue weighted by atomic mass is 9.53. The van der Waals surface area contributed by atoms with Crippen molar-refractivity contribution in [3.63, 3.8) is 0 Å². The molecule has 0 saturated heterocycles. The average Bonchev–Trinajstić information content (AvgIpc) is 2.37. The molecule has 2 saturated carbocycles. The summed E-state index contributed by atoms with van der Waals surface area (Å²) in [6.07, 6.45) is 8.05. The largest absolute Gasteiger partial charge is 0.392 e. The summed E-state index contributed by atoms with van der Waals surface area (Å²) < 4.78 is 0. The maximum absolute atomic E-state index is 9.35. The zero-order chi connectivity index (χ0) is 13.3. The van der Waals surface area contributed by atoms with Crippen LogP contribution in [0.1, 0.15) is 66.2 Å². The third-order valence-electron chi connectivity index (χ3n) is 6.08. The van der Waals surface area contributed by atoms with Crippen LogP contribution in [0.25, 0.3) is 0 Å². The first-order valence-corrected chi connectivity index (χ1v) is 7.79. The van der Waals surface area contributed by atoms with E-state index in [2.05, 4.69) is 27.7 Å². The molecule has 3 atom stereocenters. The Bertz CT molecular complexity index is 327. The molecule has 2 fully saturated rings. The first kappa shape index (κ1) is 14.1. The van der Waals surface area contributed by atoms with Crippen molar-refractivity contribution in [3.05, 3.63) is 11.1 Å². The van der Waals surface area contributed by atoms with Crippen LogP contribution in [-0.4, -0.2) is 11.7 Å². The number of hydrogen-bond donors (Lipinski definition) is 1. The quantitative estimate of drug-likeness (QED) is 0.712. The van der Waals surface area contributed by atoms with Gasteiger partial charge in [-0.15, -0.1) is 0 Å². The SMILES string of the molecule is CC[C@H]1CC[C@@H]2CC/C(=C(\C)CO)C[C@H]2C1(C)C. The van der Waals surface area contributed by atoms with Crippen LogP contribution >= 0.6 is 0 Å². The summed E-state index contributed by atoms with van der Waals surface area (Å²) in [4.78, 5) is 0. The summed E-state index contributed by atoms with van der Waals surface area (Å²) >= 11 is 0. The Hall–Kier alpha value is -0.300. The molecule has 0 amide bonds. The molecule has 1 heteroatoms. The van der Waals surface area contributed by atoms with Crippen LogP contribution in [-0.2, 0) is 0 Å². The predicted octanol–water partition coefficient (Wildman–Crippen LogP) is 4.56. The molecule has 1 nitrogen and oxygen atoms in total. The van der Waals surface area contributed by atoms with Gasteiger partial charge in [-0.25, -0.2) is 0 Å². The lowest BCUT2D eigenvalue weighted by Crippen LogP contribution is -2.43. The molecular formula is C17H30O. The first-order valence-electron chi connectivity index (χ1n) is 7.79. The molecule has 0 aliphatic heterocycles. The zero-order valence-corrected chi connectivity index (χ0v) is 12.6. The second-order valence-electron chi connectivity index (χ2n) is 7.16. The molecule has 2 rings (SSSR count). The summed E-state index contributed by atoms with van der Waals surface area (Å²) in [6, 6.07) is 0. The Morgan fingerprint density at radius 2 is 2.00 bits per heavy atom. The van der Waals surface area contributed by atoms with E-state index < -0.39 is 0 Å². The molecule has 2 aliphatic rings. The lowest BCUT2D eigenvalue weighted by molar-refractivity contribution is -0.00318. The van der Waals surface area contributed by atoms with Gasteiger partial charge in [0.1, 0.15) is 0 Å². The highest BCUT2D eigenvalue weighted by atomic mass is 16.3. The van der Waals surface area contributed by atoms with E-state index in [9.17, 15) is 5.11 Å². The molecular weight excluding hydrogens is 220 g/mol. The van der Waals surface area contributed by atoms with Gasteiger partial charge in [0.25, 0.3) is 0 Å². The van der Waals surface area contributed by atoms with Crippen molar-refractivity contribution in [2.75, 3.05) is 6.61 Å². The van der Waals surface area contributed by atoms with Crippen molar-refractivity contribution >= 4 is 0 Å². The molecule has 0 spiro atoms. The molecule has 0 unspecified atom stereocenters. The van der Waals surface area contributed by atoms with Gasteiger partial charge >= 0.3 is 0 Å². The van der Waals surface area contributed by atoms with Crippen molar-refractivity contribution < 1.29 is 5.11 Å². The third-order valence-corrected chi connectivity index (χ3v) is 6.08. The maximum Gasteiger partial charge on any atom is 0.0641 e. The topological polar surface area (TPSA) is 20.2 Å². The van der Waals surface area contributed by atoms with E-state index in [1.54, 1.807) is 5.57 Å². The molecule has 0 aromatic rings. The number of allylic oxidation sites excluding steroid dienone is 1. The highest BCUT2D eigenvalue weighted by Gasteiger charge is 2.45. The summed E-state index contributed by atoms with van der Waals surface area (Å²) in [5.74, 6) is 2.69. The van der Waals surface area contributed by atoms with Gasteiger partial charge in [0.2, 0.25) is 0 Å². The van der Waals surface area contributed by atoms with Gasteiger partial charge in [-0.05, 0) is 67.8 Å². The van der Waals surface area contributed by atoms with Gasteiger partial charge in [-0.1, -0.05) is 32.8 Å². The second kappa shape index (κ2) is 5.36. The van der Waals surface area contributed by atoms with E-state index in [0.717, 1.165) is 17.8 Å². The summed E-state index contributed by atoms with van der Waals surface area (Å²) in [5.41, 5.74) is 3.28. The van der Waals surface area contributed by atoms with Gasteiger partial charge < -0.3 is 5.11 Å². The maximum atomic E-state index is 9.35. The third kappa shape index (κ3) is 2.39. The molecule has 2 aliphatic carbocycles. The van der Waals surface area contributed by atoms with Crippen LogP contribution in [0.15, 0.2) is 11.1 Å². The zero-order valence-electron chi connectivity index (χ0n) is 12.6. The van der Waals surface area contributed by atoms with E-state index >= 15 is 0 Å². The smallest absolute Gasteiger partial charge is 0.0641 e. The van der Waals surface area contributed by atoms with Crippen LogP contribution in [0.5, 0.6) is 0 Å². The van der Waals surface area contributed by atoms with Gasteiger partial charge in [-0.3, -0.25) is 0 Å². The number of hydrogen-bond acceptors (Lipinski definition) is 1. The monoisotopic (exact) mass is 250 g/mol. The lowest BCUT2D eigenvalue weighted by Gasteiger charge is -2.52. The molecule has 0 aromatic carbocycles. The van der Waals surface area contributed by atoms with E-state index in [1.807, 2.05) is 0 Å². The molecule has 0 aromatic heterocycles. The van der Waals surface area contributed by atoms with Crippen LogP contribution in [0, 0.1) is 23.2 Å². The van der Waals surface area contributed by atoms with Crippen molar-refractivity contribution in [1.29, 1.82) is 0 Å². The van der Waals surface area contributed by atoms with Crippen molar-refractivity contribution in [3.8, 4) is 0 Å². The highest BCUT2D eigenvalue weighted by molar-refractivity contribution is 5.17. The molecule has 0 radical (unpaired) electrons. The van der Waals surface area contributed by atoms with Crippen molar-refractivity contribution in [2.24, 2.45) is 23.2 Å². The number of rotatable bonds is 2. The van der Waals surface area contributed by atoms with Crippen LogP contribution in [0.4, 0.5) is 0 Å². The predicted molar refractivity (Wildman–Crippen MR) is 77.4 cm³/mol. The number of aliphatic hydroxyl groups is 1. The summed E-state index contributed by atoms with van der Waals surface area (Å²) in [7, 11) is 0. The molecule has 0 bridgehead atoms. The molecule has 18 heavy (non-hydrogen) atoms. The fourth-order valence-electron chi connectivity index (χ4n) is 4.63. The molecule has 0 heterocycles. The van der Waals surface area contributed by atoms with E-state index in [1.165, 1.54) is 44.1 Å². The van der Waals surface area contributed by atoms with Crippen LogP contribution < -0.4 is 0 Å². The summed E-state index contributed by atoms with van der Waals surface area (Å²) in [6.45, 7) is 9.71. The van der Waals surface area contributed by atoms with Crippen LogP contribution in [0.2, 0.25) is 0 Å². The van der Waals surface area contributed by atoms with Crippen molar-refractivity contribution in [1.82, 2.24) is 0 Å². The minimum absolute atomic E-state index is 0.254. The molecule has 104 valence electrons. The van der Waals surface area contributed by atoms with Gasteiger partial charge in [0.15, 0.2) is 0 Å². The van der Waals surface area contributed by atoms with Gasteiger partial charge in [0, 0.05) is 0 Å². The first-order chi connectivity index (χ1) is 8.50. The standard InChI is InChI=1S/C17H30O/c1-5-15-9-8-13-6-7-14(12(2)11-18)10-16(13)17(15,3)4/h13,15-16,18H,5-11H2,1-4H3/b14-12-/t13-,15-,16+/m0/s1. The second-order valence-corrected chi connectivity index (χ2v) is 7.16. The minimum atomic E-state index is 0.254. The van der Waals surface area contributed by atoms with Crippen LogP contribution in [0.3, 0.4) is 0 Å². The van der Waals surface area contributed by atoms with E-state index in [4.69, 9.17) is 0 Å². The Kier molecular flexibility index (Phi) is 4.21. The minimum Gasteiger partial charge on any atom is -0.392 e. The fourth-order valence-corrected chi connectivity index (χ4v) is 4.63. The Morgan fingerprint density at radius 1 is 1.28 bits per heavy atom. The molecule has 1 N–H and O–H groups in total. The Labute approximate surface area is 113 Å². The van der Waals surface area contributed by atoms with E-state index in [-0.39, 0.29) is 6.61 Å². The van der Waals surface area contributed by atoms with E-state index in [0.29, 0.717) is 5.41 Å². The van der Waals surface area contributed by atoms with Gasteiger partial charge in [-0.2, -0.15) is 0 Å². The fraction of sp³-hybridized carbons (Fsp3) is 0.882. The van der Waals surface area contributed by atoms with Crippen molar-refractivity contribution in [2.45, 2.75) is 66.2 Å². The Morgan fingerprint density at radius 3 is 2.61 bits per heavy atom.